The van der Waals surface area contributed by atoms with Crippen LogP contribution in [0, 0.1) is 13.8 Å². The predicted octanol–water partition coefficient (Wildman–Crippen LogP) is 2.16. The van der Waals surface area contributed by atoms with E-state index in [0.717, 1.165) is 24.0 Å². The predicted molar refractivity (Wildman–Crippen MR) is 71.1 cm³/mol. The molecule has 0 saturated carbocycles. The Morgan fingerprint density at radius 3 is 2.65 bits per heavy atom. The summed E-state index contributed by atoms with van der Waals surface area (Å²) in [6, 6.07) is 5.93. The zero-order chi connectivity index (χ0) is 12.8. The third kappa shape index (κ3) is 4.19. The van der Waals surface area contributed by atoms with Crippen molar-refractivity contribution in [3.8, 4) is 0 Å². The van der Waals surface area contributed by atoms with E-state index >= 15 is 0 Å². The molecular weight excluding hydrogens is 212 g/mol. The number of benzene rings is 1. The number of carbonyl (C=O) groups is 1. The van der Waals surface area contributed by atoms with Crippen LogP contribution in [0.5, 0.6) is 0 Å². The summed E-state index contributed by atoms with van der Waals surface area (Å²) in [5.41, 5.74) is 8.86. The maximum absolute atomic E-state index is 11.8. The van der Waals surface area contributed by atoms with Crippen LogP contribution in [0.25, 0.3) is 0 Å². The lowest BCUT2D eigenvalue weighted by Gasteiger charge is -2.10. The molecule has 1 amide bonds. The highest BCUT2D eigenvalue weighted by Gasteiger charge is 2.06. The highest BCUT2D eigenvalue weighted by molar-refractivity contribution is 5.94. The van der Waals surface area contributed by atoms with E-state index in [9.17, 15) is 4.79 Å². The fourth-order valence-corrected chi connectivity index (χ4v) is 1.56. The SMILES string of the molecule is CCC(N)CCNC(=O)c1ccc(C)c(C)c1. The Hall–Kier alpha value is -1.35. The van der Waals surface area contributed by atoms with E-state index in [1.807, 2.05) is 32.0 Å². The first-order valence-corrected chi connectivity index (χ1v) is 6.15. The number of rotatable bonds is 5. The normalized spacial score (nSPS) is 12.2. The lowest BCUT2D eigenvalue weighted by atomic mass is 10.1. The molecule has 0 fully saturated rings. The quantitative estimate of drug-likeness (QED) is 0.820. The number of aryl methyl sites for hydroxylation is 2. The fraction of sp³-hybridized carbons (Fsp3) is 0.500. The Labute approximate surface area is 103 Å². The zero-order valence-electron chi connectivity index (χ0n) is 10.9. The molecule has 1 atom stereocenters. The van der Waals surface area contributed by atoms with Crippen molar-refractivity contribution in [3.63, 3.8) is 0 Å². The second kappa shape index (κ2) is 6.40. The van der Waals surface area contributed by atoms with Crippen LogP contribution in [0.3, 0.4) is 0 Å². The van der Waals surface area contributed by atoms with E-state index in [1.165, 1.54) is 5.56 Å². The van der Waals surface area contributed by atoms with E-state index in [2.05, 4.69) is 12.2 Å². The first kappa shape index (κ1) is 13.7. The molecule has 1 aromatic carbocycles. The largest absolute Gasteiger partial charge is 0.352 e. The molecule has 0 bridgehead atoms. The molecule has 0 aliphatic carbocycles. The number of nitrogens with two attached hydrogens (primary N) is 1. The van der Waals surface area contributed by atoms with Gasteiger partial charge < -0.3 is 11.1 Å². The van der Waals surface area contributed by atoms with Gasteiger partial charge in [0.05, 0.1) is 0 Å². The van der Waals surface area contributed by atoms with Crippen molar-refractivity contribution in [1.82, 2.24) is 5.32 Å². The van der Waals surface area contributed by atoms with E-state index in [1.54, 1.807) is 0 Å². The van der Waals surface area contributed by atoms with Gasteiger partial charge in [0.1, 0.15) is 0 Å². The Morgan fingerprint density at radius 2 is 2.06 bits per heavy atom. The summed E-state index contributed by atoms with van der Waals surface area (Å²) >= 11 is 0. The van der Waals surface area contributed by atoms with E-state index in [4.69, 9.17) is 5.73 Å². The summed E-state index contributed by atoms with van der Waals surface area (Å²) in [6.45, 7) is 6.74. The van der Waals surface area contributed by atoms with Crippen molar-refractivity contribution in [1.29, 1.82) is 0 Å². The van der Waals surface area contributed by atoms with Gasteiger partial charge in [0.2, 0.25) is 0 Å². The molecule has 1 rings (SSSR count). The van der Waals surface area contributed by atoms with Gasteiger partial charge in [-0.2, -0.15) is 0 Å². The number of hydrogen-bond donors (Lipinski definition) is 2. The number of hydrogen-bond acceptors (Lipinski definition) is 2. The molecule has 1 aromatic rings. The van der Waals surface area contributed by atoms with Gasteiger partial charge >= 0.3 is 0 Å². The number of nitrogens with one attached hydrogen (secondary N) is 1. The van der Waals surface area contributed by atoms with Crippen molar-refractivity contribution in [2.45, 2.75) is 39.7 Å². The maximum Gasteiger partial charge on any atom is 0.251 e. The van der Waals surface area contributed by atoms with Gasteiger partial charge in [-0.3, -0.25) is 4.79 Å². The van der Waals surface area contributed by atoms with Crippen molar-refractivity contribution >= 4 is 5.91 Å². The van der Waals surface area contributed by atoms with Crippen molar-refractivity contribution in [3.05, 3.63) is 34.9 Å². The lowest BCUT2D eigenvalue weighted by Crippen LogP contribution is -2.30. The van der Waals surface area contributed by atoms with Crippen LogP contribution in [0.1, 0.15) is 41.3 Å². The molecule has 1 unspecified atom stereocenters. The highest BCUT2D eigenvalue weighted by atomic mass is 16.1. The molecule has 0 aliphatic rings. The van der Waals surface area contributed by atoms with Gasteiger partial charge in [0.25, 0.3) is 5.91 Å². The molecule has 3 nitrogen and oxygen atoms in total. The van der Waals surface area contributed by atoms with Gasteiger partial charge in [0.15, 0.2) is 0 Å². The molecule has 0 aromatic heterocycles. The molecule has 0 spiro atoms. The monoisotopic (exact) mass is 234 g/mol. The zero-order valence-corrected chi connectivity index (χ0v) is 10.9. The van der Waals surface area contributed by atoms with Gasteiger partial charge in [0, 0.05) is 18.2 Å². The molecule has 0 saturated heterocycles. The smallest absolute Gasteiger partial charge is 0.251 e. The van der Waals surface area contributed by atoms with Crippen LogP contribution < -0.4 is 11.1 Å². The highest BCUT2D eigenvalue weighted by Crippen LogP contribution is 2.09. The lowest BCUT2D eigenvalue weighted by molar-refractivity contribution is 0.0952. The molecule has 3 heteroatoms. The summed E-state index contributed by atoms with van der Waals surface area (Å²) < 4.78 is 0. The Morgan fingerprint density at radius 1 is 1.35 bits per heavy atom. The van der Waals surface area contributed by atoms with Crippen molar-refractivity contribution in [2.24, 2.45) is 5.73 Å². The first-order chi connectivity index (χ1) is 8.04. The Bertz CT molecular complexity index is 388. The average molecular weight is 234 g/mol. The number of carbonyl (C=O) groups excluding carboxylic acids is 1. The second-order valence-corrected chi connectivity index (χ2v) is 4.51. The van der Waals surface area contributed by atoms with E-state index < -0.39 is 0 Å². The van der Waals surface area contributed by atoms with Crippen LogP contribution >= 0.6 is 0 Å². The summed E-state index contributed by atoms with van der Waals surface area (Å²) in [6.07, 6.45) is 1.77. The summed E-state index contributed by atoms with van der Waals surface area (Å²) in [7, 11) is 0. The van der Waals surface area contributed by atoms with Crippen LogP contribution in [0.15, 0.2) is 18.2 Å². The summed E-state index contributed by atoms with van der Waals surface area (Å²) in [5.74, 6) is -0.0172. The van der Waals surface area contributed by atoms with Gasteiger partial charge in [-0.15, -0.1) is 0 Å². The van der Waals surface area contributed by atoms with Gasteiger partial charge in [-0.1, -0.05) is 13.0 Å². The van der Waals surface area contributed by atoms with Crippen LogP contribution in [-0.2, 0) is 0 Å². The van der Waals surface area contributed by atoms with Crippen molar-refractivity contribution in [2.75, 3.05) is 6.54 Å². The van der Waals surface area contributed by atoms with Crippen LogP contribution in [0.2, 0.25) is 0 Å². The summed E-state index contributed by atoms with van der Waals surface area (Å²) in [5, 5.41) is 2.89. The average Bonchev–Trinajstić information content (AvgIpc) is 2.32. The topological polar surface area (TPSA) is 55.1 Å². The standard InChI is InChI=1S/C14H22N2O/c1-4-13(15)7-8-16-14(17)12-6-5-10(2)11(3)9-12/h5-6,9,13H,4,7-8,15H2,1-3H3,(H,16,17). The third-order valence-electron chi connectivity index (χ3n) is 3.09. The molecule has 0 radical (unpaired) electrons. The van der Waals surface area contributed by atoms with Gasteiger partial charge in [-0.25, -0.2) is 0 Å². The van der Waals surface area contributed by atoms with E-state index in [0.29, 0.717) is 6.54 Å². The fourth-order valence-electron chi connectivity index (χ4n) is 1.56. The molecule has 3 N–H and O–H groups in total. The minimum absolute atomic E-state index is 0.0172. The minimum atomic E-state index is -0.0172. The Balaban J connectivity index is 2.50. The van der Waals surface area contributed by atoms with E-state index in [-0.39, 0.29) is 11.9 Å². The molecule has 94 valence electrons. The van der Waals surface area contributed by atoms with Crippen LogP contribution in [0.4, 0.5) is 0 Å². The van der Waals surface area contributed by atoms with Crippen LogP contribution in [-0.4, -0.2) is 18.5 Å². The molecule has 0 aliphatic heterocycles. The Kier molecular flexibility index (Phi) is 5.16. The molecule has 0 heterocycles. The summed E-state index contributed by atoms with van der Waals surface area (Å²) in [4.78, 5) is 11.8. The third-order valence-corrected chi connectivity index (χ3v) is 3.09. The molecular formula is C14H22N2O. The second-order valence-electron chi connectivity index (χ2n) is 4.51. The van der Waals surface area contributed by atoms with Crippen molar-refractivity contribution < 1.29 is 4.79 Å². The van der Waals surface area contributed by atoms with Gasteiger partial charge in [-0.05, 0) is 49.9 Å². The minimum Gasteiger partial charge on any atom is -0.352 e. The maximum atomic E-state index is 11.8. The first-order valence-electron chi connectivity index (χ1n) is 6.15. The molecule has 17 heavy (non-hydrogen) atoms. The number of amides is 1.